The van der Waals surface area contributed by atoms with Gasteiger partial charge in [0, 0.05) is 18.8 Å². The third-order valence-electron chi connectivity index (χ3n) is 3.23. The fourth-order valence-corrected chi connectivity index (χ4v) is 2.29. The molecule has 19 heavy (non-hydrogen) atoms. The number of hydrogen-bond acceptors (Lipinski definition) is 5. The van der Waals surface area contributed by atoms with Crippen LogP contribution in [0.15, 0.2) is 30.5 Å². The maximum absolute atomic E-state index is 4.53. The van der Waals surface area contributed by atoms with Crippen LogP contribution in [-0.4, -0.2) is 28.3 Å². The molecule has 0 saturated heterocycles. The summed E-state index contributed by atoms with van der Waals surface area (Å²) >= 11 is 0. The van der Waals surface area contributed by atoms with Gasteiger partial charge >= 0.3 is 0 Å². The molecule has 1 aliphatic rings. The lowest BCUT2D eigenvalue weighted by atomic mass is 10.2. The molecule has 0 radical (unpaired) electrons. The first-order valence-electron chi connectivity index (χ1n) is 6.67. The summed E-state index contributed by atoms with van der Waals surface area (Å²) in [7, 11) is 0. The zero-order valence-corrected chi connectivity index (χ0v) is 11.0. The van der Waals surface area contributed by atoms with Gasteiger partial charge in [-0.15, -0.1) is 5.10 Å². The van der Waals surface area contributed by atoms with Crippen molar-refractivity contribution >= 4 is 17.5 Å². The van der Waals surface area contributed by atoms with E-state index in [1.54, 1.807) is 6.20 Å². The second-order valence-electron chi connectivity index (χ2n) is 4.60. The maximum atomic E-state index is 4.53. The van der Waals surface area contributed by atoms with E-state index >= 15 is 0 Å². The van der Waals surface area contributed by atoms with Gasteiger partial charge in [-0.1, -0.05) is 25.1 Å². The van der Waals surface area contributed by atoms with E-state index in [0.29, 0.717) is 5.95 Å². The van der Waals surface area contributed by atoms with Crippen LogP contribution in [0.4, 0.5) is 17.5 Å². The number of anilines is 3. The van der Waals surface area contributed by atoms with Gasteiger partial charge in [0.15, 0.2) is 5.82 Å². The molecule has 1 aromatic carbocycles. The van der Waals surface area contributed by atoms with E-state index in [2.05, 4.69) is 50.5 Å². The van der Waals surface area contributed by atoms with Crippen LogP contribution < -0.4 is 10.2 Å². The van der Waals surface area contributed by atoms with Gasteiger partial charge in [0.2, 0.25) is 0 Å². The fourth-order valence-electron chi connectivity index (χ4n) is 2.29. The van der Waals surface area contributed by atoms with Crippen molar-refractivity contribution in [1.82, 2.24) is 15.2 Å². The van der Waals surface area contributed by atoms with E-state index in [1.807, 2.05) is 6.07 Å². The van der Waals surface area contributed by atoms with Crippen molar-refractivity contribution in [3.8, 4) is 0 Å². The van der Waals surface area contributed by atoms with Crippen LogP contribution in [0, 0.1) is 0 Å². The van der Waals surface area contributed by atoms with E-state index in [0.717, 1.165) is 31.7 Å². The Morgan fingerprint density at radius 2 is 2.21 bits per heavy atom. The van der Waals surface area contributed by atoms with E-state index in [-0.39, 0.29) is 0 Å². The average Bonchev–Trinajstić information content (AvgIpc) is 2.89. The van der Waals surface area contributed by atoms with E-state index in [4.69, 9.17) is 0 Å². The summed E-state index contributed by atoms with van der Waals surface area (Å²) in [5.74, 6) is 1.46. The first-order valence-corrected chi connectivity index (χ1v) is 6.67. The lowest BCUT2D eigenvalue weighted by molar-refractivity contribution is 0.876. The van der Waals surface area contributed by atoms with Crippen molar-refractivity contribution in [3.63, 3.8) is 0 Å². The minimum Gasteiger partial charge on any atom is -0.369 e. The zero-order valence-electron chi connectivity index (χ0n) is 11.0. The van der Waals surface area contributed by atoms with Gasteiger partial charge in [0.1, 0.15) is 0 Å². The van der Waals surface area contributed by atoms with Gasteiger partial charge in [-0.05, 0) is 24.5 Å². The third kappa shape index (κ3) is 2.36. The Morgan fingerprint density at radius 3 is 3.11 bits per heavy atom. The number of hydrogen-bond donors (Lipinski definition) is 1. The summed E-state index contributed by atoms with van der Waals surface area (Å²) in [6.45, 7) is 3.94. The van der Waals surface area contributed by atoms with Crippen LogP contribution in [0.5, 0.6) is 0 Å². The smallest absolute Gasteiger partial charge is 0.251 e. The molecular formula is C14H17N5. The summed E-state index contributed by atoms with van der Waals surface area (Å²) in [5.41, 5.74) is 2.54. The Morgan fingerprint density at radius 1 is 1.32 bits per heavy atom. The van der Waals surface area contributed by atoms with Crippen molar-refractivity contribution in [1.29, 1.82) is 0 Å². The molecule has 0 atom stereocenters. The van der Waals surface area contributed by atoms with Crippen molar-refractivity contribution in [3.05, 3.63) is 36.0 Å². The second kappa shape index (κ2) is 5.22. The molecule has 1 aliphatic heterocycles. The molecule has 0 fully saturated rings. The topological polar surface area (TPSA) is 53.9 Å². The molecule has 2 heterocycles. The number of aromatic nitrogens is 3. The lowest BCUT2D eigenvalue weighted by Gasteiger charge is -2.16. The highest BCUT2D eigenvalue weighted by atomic mass is 15.3. The third-order valence-corrected chi connectivity index (χ3v) is 3.23. The number of rotatable bonds is 4. The lowest BCUT2D eigenvalue weighted by Crippen LogP contribution is -2.18. The molecule has 1 aromatic heterocycles. The van der Waals surface area contributed by atoms with Gasteiger partial charge in [0.25, 0.3) is 5.95 Å². The normalized spacial score (nSPS) is 13.4. The number of benzene rings is 1. The molecule has 0 amide bonds. The Bertz CT molecular complexity index is 569. The highest BCUT2D eigenvalue weighted by Gasteiger charge is 2.22. The van der Waals surface area contributed by atoms with Crippen molar-refractivity contribution in [2.24, 2.45) is 0 Å². The van der Waals surface area contributed by atoms with Crippen LogP contribution >= 0.6 is 0 Å². The van der Waals surface area contributed by atoms with E-state index < -0.39 is 0 Å². The van der Waals surface area contributed by atoms with E-state index in [1.165, 1.54) is 11.3 Å². The molecule has 5 heteroatoms. The second-order valence-corrected chi connectivity index (χ2v) is 4.60. The predicted molar refractivity (Wildman–Crippen MR) is 75.8 cm³/mol. The van der Waals surface area contributed by atoms with Crippen molar-refractivity contribution in [2.75, 3.05) is 23.3 Å². The largest absolute Gasteiger partial charge is 0.369 e. The van der Waals surface area contributed by atoms with E-state index in [9.17, 15) is 0 Å². The molecule has 0 spiro atoms. The van der Waals surface area contributed by atoms with Crippen LogP contribution in [0.2, 0.25) is 0 Å². The fraction of sp³-hybridized carbons (Fsp3) is 0.357. The average molecular weight is 255 g/mol. The quantitative estimate of drug-likeness (QED) is 0.909. The molecule has 3 rings (SSSR count). The Kier molecular flexibility index (Phi) is 3.27. The van der Waals surface area contributed by atoms with Crippen LogP contribution in [0.25, 0.3) is 0 Å². The van der Waals surface area contributed by atoms with Crippen molar-refractivity contribution < 1.29 is 0 Å². The molecule has 98 valence electrons. The molecule has 0 bridgehead atoms. The van der Waals surface area contributed by atoms with Crippen molar-refractivity contribution in [2.45, 2.75) is 19.8 Å². The molecular weight excluding hydrogens is 238 g/mol. The minimum absolute atomic E-state index is 0.672. The van der Waals surface area contributed by atoms with Gasteiger partial charge < -0.3 is 10.2 Å². The maximum Gasteiger partial charge on any atom is 0.251 e. The first kappa shape index (κ1) is 11.9. The monoisotopic (exact) mass is 255 g/mol. The Labute approximate surface area is 112 Å². The van der Waals surface area contributed by atoms with Gasteiger partial charge in [0.05, 0.1) is 6.20 Å². The molecule has 0 aliphatic carbocycles. The number of nitrogens with zero attached hydrogens (tertiary/aromatic N) is 4. The standard InChI is InChI=1S/C14H17N5/c1-2-8-15-13-10-16-18-14(17-13)19-9-7-11-5-3-4-6-12(11)19/h3-6,10H,2,7-9H2,1H3,(H,15,17,18). The Balaban J connectivity index is 1.87. The molecule has 5 nitrogen and oxygen atoms in total. The molecule has 0 unspecified atom stereocenters. The number of fused-ring (bicyclic) bond motifs is 1. The SMILES string of the molecule is CCCNc1cnnc(N2CCc3ccccc32)n1. The molecule has 1 N–H and O–H groups in total. The Hall–Kier alpha value is -2.17. The highest BCUT2D eigenvalue weighted by molar-refractivity contribution is 5.65. The number of nitrogens with one attached hydrogen (secondary N) is 1. The zero-order chi connectivity index (χ0) is 13.1. The summed E-state index contributed by atoms with van der Waals surface area (Å²) in [5, 5.41) is 11.4. The summed E-state index contributed by atoms with van der Waals surface area (Å²) in [6.07, 6.45) is 3.76. The van der Waals surface area contributed by atoms with Crippen LogP contribution in [-0.2, 0) is 6.42 Å². The summed E-state index contributed by atoms with van der Waals surface area (Å²) in [4.78, 5) is 6.66. The van der Waals surface area contributed by atoms with Gasteiger partial charge in [-0.25, -0.2) is 0 Å². The van der Waals surface area contributed by atoms with Gasteiger partial charge in [-0.2, -0.15) is 10.1 Å². The predicted octanol–water partition coefficient (Wildman–Crippen LogP) is 2.39. The van der Waals surface area contributed by atoms with Gasteiger partial charge in [-0.3, -0.25) is 0 Å². The minimum atomic E-state index is 0.672. The van der Waals surface area contributed by atoms with Crippen LogP contribution in [0.1, 0.15) is 18.9 Å². The molecule has 2 aromatic rings. The molecule has 0 saturated carbocycles. The van der Waals surface area contributed by atoms with Crippen LogP contribution in [0.3, 0.4) is 0 Å². The summed E-state index contributed by atoms with van der Waals surface area (Å²) < 4.78 is 0. The summed E-state index contributed by atoms with van der Waals surface area (Å²) in [6, 6.07) is 8.38. The highest BCUT2D eigenvalue weighted by Crippen LogP contribution is 2.32. The first-order chi connectivity index (χ1) is 9.38. The number of para-hydroxylation sites is 1.